The van der Waals surface area contributed by atoms with Gasteiger partial charge in [0.15, 0.2) is 6.20 Å². The summed E-state index contributed by atoms with van der Waals surface area (Å²) < 4.78 is 16.5. The molecule has 2 nitrogen and oxygen atoms in total. The van der Waals surface area contributed by atoms with Crippen molar-refractivity contribution >= 4 is 5.69 Å². The van der Waals surface area contributed by atoms with E-state index in [1.807, 2.05) is 25.4 Å². The molecule has 0 aliphatic heterocycles. The fourth-order valence-electron chi connectivity index (χ4n) is 4.22. The fourth-order valence-corrected chi connectivity index (χ4v) is 4.22. The average Bonchev–Trinajstić information content (AvgIpc) is 2.82. The van der Waals surface area contributed by atoms with Crippen LogP contribution in [-0.4, -0.2) is 0 Å². The lowest BCUT2D eigenvalue weighted by molar-refractivity contribution is -0.660. The Labute approximate surface area is 153 Å². The summed E-state index contributed by atoms with van der Waals surface area (Å²) in [5.41, 5.74) is 7.48. The van der Waals surface area contributed by atoms with Crippen LogP contribution in [0.4, 0.5) is 10.1 Å². The highest BCUT2D eigenvalue weighted by atomic mass is 19.1. The van der Waals surface area contributed by atoms with Crippen LogP contribution in [0.1, 0.15) is 30.5 Å². The molecule has 2 aromatic carbocycles. The second-order valence-electron chi connectivity index (χ2n) is 7.46. The molecule has 1 heterocycles. The van der Waals surface area contributed by atoms with Crippen LogP contribution in [0.3, 0.4) is 0 Å². The molecule has 128 valence electrons. The normalized spacial score (nSPS) is 13.8. The lowest BCUT2D eigenvalue weighted by Gasteiger charge is -2.25. The van der Waals surface area contributed by atoms with Crippen molar-refractivity contribution in [3.8, 4) is 22.4 Å². The highest BCUT2D eigenvalue weighted by Gasteiger charge is 2.40. The molecule has 0 saturated carbocycles. The van der Waals surface area contributed by atoms with Crippen molar-refractivity contribution in [3.63, 3.8) is 0 Å². The van der Waals surface area contributed by atoms with E-state index >= 15 is 0 Å². The smallest absolute Gasteiger partial charge is 0.222 e. The number of fused-ring (bicyclic) bond motifs is 3. The van der Waals surface area contributed by atoms with E-state index in [9.17, 15) is 4.39 Å². The van der Waals surface area contributed by atoms with E-state index in [1.165, 1.54) is 22.8 Å². The minimum absolute atomic E-state index is 0.0909. The monoisotopic (exact) mass is 343 g/mol. The molecule has 0 N–H and O–H groups in total. The first-order chi connectivity index (χ1) is 12.4. The Morgan fingerprint density at radius 1 is 1.08 bits per heavy atom. The molecule has 1 aliphatic carbocycles. The van der Waals surface area contributed by atoms with Crippen LogP contribution in [0.15, 0.2) is 48.7 Å². The molecule has 4 rings (SSSR count). The molecule has 0 radical (unpaired) electrons. The van der Waals surface area contributed by atoms with Gasteiger partial charge in [-0.2, -0.15) is 0 Å². The standard InChI is InChI=1S/C23H20FN2/c1-14-9-10-15-16-12-18(24)19(25-4)13-17(16)23(2,3)22(15)21(14)20-8-6-7-11-26(20)5/h6-13H,1-3,5H3/q+1. The summed E-state index contributed by atoms with van der Waals surface area (Å²) in [6.07, 6.45) is 2.04. The van der Waals surface area contributed by atoms with Crippen molar-refractivity contribution in [2.75, 3.05) is 0 Å². The number of hydrogen-bond acceptors (Lipinski definition) is 0. The molecule has 3 aromatic rings. The fraction of sp³-hybridized carbons (Fsp3) is 0.217. The summed E-state index contributed by atoms with van der Waals surface area (Å²) in [4.78, 5) is 3.36. The number of aryl methyl sites for hydroxylation is 2. The third-order valence-corrected chi connectivity index (χ3v) is 5.52. The predicted molar refractivity (Wildman–Crippen MR) is 102 cm³/mol. The van der Waals surface area contributed by atoms with E-state index in [1.54, 1.807) is 6.07 Å². The summed E-state index contributed by atoms with van der Waals surface area (Å²) in [5.74, 6) is -0.449. The lowest BCUT2D eigenvalue weighted by atomic mass is 9.78. The third-order valence-electron chi connectivity index (χ3n) is 5.52. The molecule has 0 amide bonds. The summed E-state index contributed by atoms with van der Waals surface area (Å²) in [7, 11) is 2.04. The average molecular weight is 343 g/mol. The number of halogens is 1. The van der Waals surface area contributed by atoms with Crippen LogP contribution in [0.5, 0.6) is 0 Å². The molecule has 0 unspecified atom stereocenters. The van der Waals surface area contributed by atoms with Gasteiger partial charge in [-0.15, -0.1) is 0 Å². The molecule has 0 atom stereocenters. The van der Waals surface area contributed by atoms with E-state index in [0.29, 0.717) is 0 Å². The number of hydrogen-bond donors (Lipinski definition) is 0. The Hall–Kier alpha value is -2.99. The van der Waals surface area contributed by atoms with Gasteiger partial charge < -0.3 is 0 Å². The molecule has 0 spiro atoms. The highest BCUT2D eigenvalue weighted by Crippen LogP contribution is 2.53. The van der Waals surface area contributed by atoms with Gasteiger partial charge in [0.1, 0.15) is 12.9 Å². The van der Waals surface area contributed by atoms with Gasteiger partial charge in [-0.3, -0.25) is 0 Å². The van der Waals surface area contributed by atoms with E-state index in [2.05, 4.69) is 48.4 Å². The number of benzene rings is 2. The minimum atomic E-state index is -0.449. The summed E-state index contributed by atoms with van der Waals surface area (Å²) >= 11 is 0. The SMILES string of the molecule is [C-]#[N+]c1cc2c(cc1F)-c1ccc(C)c(-c3cccc[n+]3C)c1C2(C)C. The Kier molecular flexibility index (Phi) is 3.49. The Morgan fingerprint density at radius 3 is 2.54 bits per heavy atom. The molecule has 0 saturated heterocycles. The van der Waals surface area contributed by atoms with Crippen molar-refractivity contribution in [1.82, 2.24) is 0 Å². The van der Waals surface area contributed by atoms with Crippen LogP contribution in [0, 0.1) is 19.3 Å². The number of pyridine rings is 1. The molecule has 1 aromatic heterocycles. The topological polar surface area (TPSA) is 8.24 Å². The largest absolute Gasteiger partial charge is 0.235 e. The van der Waals surface area contributed by atoms with Gasteiger partial charge in [-0.1, -0.05) is 26.0 Å². The Balaban J connectivity index is 2.11. The molecule has 1 aliphatic rings. The zero-order valence-electron chi connectivity index (χ0n) is 15.4. The Morgan fingerprint density at radius 2 is 1.85 bits per heavy atom. The van der Waals surface area contributed by atoms with Crippen molar-refractivity contribution < 1.29 is 8.96 Å². The summed E-state index contributed by atoms with van der Waals surface area (Å²) in [6.45, 7) is 13.7. The second-order valence-corrected chi connectivity index (χ2v) is 7.46. The van der Waals surface area contributed by atoms with Crippen LogP contribution < -0.4 is 4.57 Å². The van der Waals surface area contributed by atoms with Crippen molar-refractivity contribution in [3.05, 3.63) is 82.6 Å². The van der Waals surface area contributed by atoms with Crippen molar-refractivity contribution in [2.24, 2.45) is 7.05 Å². The van der Waals surface area contributed by atoms with Crippen LogP contribution in [0.25, 0.3) is 27.2 Å². The first-order valence-electron chi connectivity index (χ1n) is 8.67. The third kappa shape index (κ3) is 2.12. The molecule has 0 bridgehead atoms. The predicted octanol–water partition coefficient (Wildman–Crippen LogP) is 5.48. The first-order valence-corrected chi connectivity index (χ1v) is 8.67. The van der Waals surface area contributed by atoms with E-state index < -0.39 is 5.82 Å². The van der Waals surface area contributed by atoms with Gasteiger partial charge in [0, 0.05) is 17.5 Å². The quantitative estimate of drug-likeness (QED) is 0.408. The van der Waals surface area contributed by atoms with E-state index in [0.717, 1.165) is 22.4 Å². The first kappa shape index (κ1) is 16.5. The van der Waals surface area contributed by atoms with Gasteiger partial charge in [0.2, 0.25) is 11.4 Å². The zero-order chi connectivity index (χ0) is 18.6. The van der Waals surface area contributed by atoms with Gasteiger partial charge >= 0.3 is 0 Å². The van der Waals surface area contributed by atoms with Gasteiger partial charge in [-0.05, 0) is 52.9 Å². The molecule has 3 heteroatoms. The maximum atomic E-state index is 14.3. The number of nitrogens with zero attached hydrogens (tertiary/aromatic N) is 2. The molecular weight excluding hydrogens is 323 g/mol. The maximum absolute atomic E-state index is 14.3. The van der Waals surface area contributed by atoms with Crippen LogP contribution >= 0.6 is 0 Å². The van der Waals surface area contributed by atoms with Crippen molar-refractivity contribution in [1.29, 1.82) is 0 Å². The number of aromatic nitrogens is 1. The summed E-state index contributed by atoms with van der Waals surface area (Å²) in [6, 6.07) is 13.6. The molecule has 0 fully saturated rings. The summed E-state index contributed by atoms with van der Waals surface area (Å²) in [5, 5.41) is 0. The van der Waals surface area contributed by atoms with Crippen molar-refractivity contribution in [2.45, 2.75) is 26.2 Å². The van der Waals surface area contributed by atoms with Gasteiger partial charge in [-0.25, -0.2) is 13.8 Å². The Bertz CT molecular complexity index is 1100. The van der Waals surface area contributed by atoms with Gasteiger partial charge in [0.25, 0.3) is 0 Å². The highest BCUT2D eigenvalue weighted by molar-refractivity contribution is 5.89. The van der Waals surface area contributed by atoms with E-state index in [4.69, 9.17) is 6.57 Å². The molecule has 26 heavy (non-hydrogen) atoms. The lowest BCUT2D eigenvalue weighted by Crippen LogP contribution is -2.31. The van der Waals surface area contributed by atoms with E-state index in [-0.39, 0.29) is 11.1 Å². The molecular formula is C23H20FN2+. The van der Waals surface area contributed by atoms with Gasteiger partial charge in [0.05, 0.1) is 12.1 Å². The van der Waals surface area contributed by atoms with Crippen LogP contribution in [0.2, 0.25) is 0 Å². The second kappa shape index (κ2) is 5.51. The maximum Gasteiger partial charge on any atom is 0.222 e. The zero-order valence-corrected chi connectivity index (χ0v) is 15.4. The van der Waals surface area contributed by atoms with Crippen LogP contribution in [-0.2, 0) is 12.5 Å². The minimum Gasteiger partial charge on any atom is -0.235 e. The number of rotatable bonds is 1.